The average Bonchev–Trinajstić information content (AvgIpc) is 3.13. The van der Waals surface area contributed by atoms with E-state index in [0.29, 0.717) is 43.6 Å². The minimum atomic E-state index is -0.239. The van der Waals surface area contributed by atoms with Crippen LogP contribution in [0.25, 0.3) is 0 Å². The SMILES string of the molecule is Cc1ccc(NC(=O)c2occ3c2CCOC3)cc1OCC1CCOCC1. The summed E-state index contributed by atoms with van der Waals surface area (Å²) in [7, 11) is 0. The Balaban J connectivity index is 1.43. The predicted octanol–water partition coefficient (Wildman–Crippen LogP) is 3.72. The Morgan fingerprint density at radius 1 is 1.22 bits per heavy atom. The molecule has 6 nitrogen and oxygen atoms in total. The number of aryl methyl sites for hydroxylation is 1. The molecule has 144 valence electrons. The van der Waals surface area contributed by atoms with Crippen LogP contribution in [-0.4, -0.2) is 32.3 Å². The number of anilines is 1. The molecule has 0 bridgehead atoms. The molecule has 1 saturated heterocycles. The fourth-order valence-electron chi connectivity index (χ4n) is 3.50. The molecule has 0 aliphatic carbocycles. The van der Waals surface area contributed by atoms with Crippen molar-refractivity contribution in [3.8, 4) is 5.75 Å². The summed E-state index contributed by atoms with van der Waals surface area (Å²) in [5.41, 5.74) is 3.65. The van der Waals surface area contributed by atoms with E-state index in [1.807, 2.05) is 25.1 Å². The van der Waals surface area contributed by atoms with Gasteiger partial charge in [-0.15, -0.1) is 0 Å². The molecule has 0 saturated carbocycles. The van der Waals surface area contributed by atoms with Gasteiger partial charge in [0.15, 0.2) is 5.76 Å². The van der Waals surface area contributed by atoms with Gasteiger partial charge in [0, 0.05) is 42.5 Å². The van der Waals surface area contributed by atoms with Crippen molar-refractivity contribution in [3.63, 3.8) is 0 Å². The first-order valence-corrected chi connectivity index (χ1v) is 9.50. The number of benzene rings is 1. The van der Waals surface area contributed by atoms with Crippen molar-refractivity contribution in [2.75, 3.05) is 31.7 Å². The van der Waals surface area contributed by atoms with Crippen LogP contribution in [0.3, 0.4) is 0 Å². The molecule has 2 aliphatic rings. The van der Waals surface area contributed by atoms with Gasteiger partial charge in [-0.2, -0.15) is 0 Å². The molecule has 0 atom stereocenters. The van der Waals surface area contributed by atoms with Crippen molar-refractivity contribution in [1.82, 2.24) is 0 Å². The van der Waals surface area contributed by atoms with E-state index >= 15 is 0 Å². The van der Waals surface area contributed by atoms with E-state index in [9.17, 15) is 4.79 Å². The molecule has 6 heteroatoms. The Kier molecular flexibility index (Phi) is 5.45. The molecular weight excluding hydrogens is 346 g/mol. The van der Waals surface area contributed by atoms with Gasteiger partial charge in [0.2, 0.25) is 0 Å². The van der Waals surface area contributed by atoms with E-state index in [4.69, 9.17) is 18.6 Å². The zero-order valence-electron chi connectivity index (χ0n) is 15.6. The summed E-state index contributed by atoms with van der Waals surface area (Å²) in [5, 5.41) is 2.93. The van der Waals surface area contributed by atoms with Crippen LogP contribution in [0.2, 0.25) is 0 Å². The van der Waals surface area contributed by atoms with Crippen LogP contribution < -0.4 is 10.1 Å². The third-order valence-corrected chi connectivity index (χ3v) is 5.20. The van der Waals surface area contributed by atoms with E-state index in [2.05, 4.69) is 5.32 Å². The largest absolute Gasteiger partial charge is 0.493 e. The fraction of sp³-hybridized carbons (Fsp3) is 0.476. The highest BCUT2D eigenvalue weighted by molar-refractivity contribution is 6.03. The Morgan fingerprint density at radius 3 is 2.93 bits per heavy atom. The Hall–Kier alpha value is -2.31. The molecule has 0 unspecified atom stereocenters. The third kappa shape index (κ3) is 4.17. The first-order chi connectivity index (χ1) is 13.2. The summed E-state index contributed by atoms with van der Waals surface area (Å²) in [5.74, 6) is 1.46. The van der Waals surface area contributed by atoms with Gasteiger partial charge in [0.1, 0.15) is 5.75 Å². The molecule has 1 amide bonds. The maximum Gasteiger partial charge on any atom is 0.291 e. The lowest BCUT2D eigenvalue weighted by molar-refractivity contribution is 0.0496. The van der Waals surface area contributed by atoms with Crippen LogP contribution in [0, 0.1) is 12.8 Å². The lowest BCUT2D eigenvalue weighted by atomic mass is 10.0. The minimum Gasteiger partial charge on any atom is -0.493 e. The number of fused-ring (bicyclic) bond motifs is 1. The fourth-order valence-corrected chi connectivity index (χ4v) is 3.50. The maximum absolute atomic E-state index is 12.6. The second-order valence-corrected chi connectivity index (χ2v) is 7.17. The molecule has 1 aromatic carbocycles. The molecule has 2 aliphatic heterocycles. The van der Waals surface area contributed by atoms with E-state index in [1.165, 1.54) is 0 Å². The number of carbonyl (C=O) groups excluding carboxylic acids is 1. The van der Waals surface area contributed by atoms with Crippen molar-refractivity contribution < 1.29 is 23.4 Å². The second-order valence-electron chi connectivity index (χ2n) is 7.17. The van der Waals surface area contributed by atoms with Crippen LogP contribution in [0.15, 0.2) is 28.9 Å². The summed E-state index contributed by atoms with van der Waals surface area (Å²) in [6.07, 6.45) is 4.37. The molecule has 4 rings (SSSR count). The van der Waals surface area contributed by atoms with Crippen molar-refractivity contribution in [1.29, 1.82) is 0 Å². The summed E-state index contributed by atoms with van der Waals surface area (Å²) in [6.45, 7) is 5.41. The first-order valence-electron chi connectivity index (χ1n) is 9.50. The van der Waals surface area contributed by atoms with E-state index < -0.39 is 0 Å². The van der Waals surface area contributed by atoms with Crippen LogP contribution in [0.4, 0.5) is 5.69 Å². The lowest BCUT2D eigenvalue weighted by Crippen LogP contribution is -2.21. The zero-order valence-corrected chi connectivity index (χ0v) is 15.6. The van der Waals surface area contributed by atoms with Crippen LogP contribution in [0.1, 0.15) is 40.1 Å². The van der Waals surface area contributed by atoms with Crippen LogP contribution in [-0.2, 0) is 22.5 Å². The summed E-state index contributed by atoms with van der Waals surface area (Å²) >= 11 is 0. The van der Waals surface area contributed by atoms with E-state index in [0.717, 1.165) is 48.5 Å². The molecule has 0 spiro atoms. The van der Waals surface area contributed by atoms with E-state index in [-0.39, 0.29) is 5.91 Å². The molecule has 2 aromatic rings. The number of ether oxygens (including phenoxy) is 3. The van der Waals surface area contributed by atoms with Gasteiger partial charge in [-0.05, 0) is 37.3 Å². The van der Waals surface area contributed by atoms with E-state index in [1.54, 1.807) is 6.26 Å². The van der Waals surface area contributed by atoms with Gasteiger partial charge in [0.05, 0.1) is 26.1 Å². The highest BCUT2D eigenvalue weighted by Crippen LogP contribution is 2.27. The number of amides is 1. The monoisotopic (exact) mass is 371 g/mol. The van der Waals surface area contributed by atoms with Gasteiger partial charge in [-0.3, -0.25) is 4.79 Å². The number of hydrogen-bond acceptors (Lipinski definition) is 5. The molecule has 3 heterocycles. The summed E-state index contributed by atoms with van der Waals surface area (Å²) < 4.78 is 22.3. The van der Waals surface area contributed by atoms with Crippen LogP contribution in [0.5, 0.6) is 5.75 Å². The lowest BCUT2D eigenvalue weighted by Gasteiger charge is -2.22. The minimum absolute atomic E-state index is 0.239. The molecule has 1 N–H and O–H groups in total. The molecule has 1 aromatic heterocycles. The Bertz CT molecular complexity index is 807. The molecule has 27 heavy (non-hydrogen) atoms. The highest BCUT2D eigenvalue weighted by atomic mass is 16.5. The standard InChI is InChI=1S/C21H25NO5/c1-14-2-3-17(10-19(14)26-11-15-4-7-24-8-5-15)22-21(23)20-18-6-9-25-12-16(18)13-27-20/h2-3,10,13,15H,4-9,11-12H2,1H3,(H,22,23). The molecule has 1 fully saturated rings. The number of nitrogens with one attached hydrogen (secondary N) is 1. The first kappa shape index (κ1) is 18.1. The number of carbonyl (C=O) groups is 1. The Morgan fingerprint density at radius 2 is 2.07 bits per heavy atom. The highest BCUT2D eigenvalue weighted by Gasteiger charge is 2.23. The second kappa shape index (κ2) is 8.15. The average molecular weight is 371 g/mol. The number of hydrogen-bond donors (Lipinski definition) is 1. The topological polar surface area (TPSA) is 69.9 Å². The van der Waals surface area contributed by atoms with Gasteiger partial charge in [-0.25, -0.2) is 0 Å². The summed E-state index contributed by atoms with van der Waals surface area (Å²) in [4.78, 5) is 12.6. The Labute approximate surface area is 158 Å². The maximum atomic E-state index is 12.6. The number of furan rings is 1. The zero-order chi connectivity index (χ0) is 18.6. The molecule has 0 radical (unpaired) electrons. The van der Waals surface area contributed by atoms with Crippen molar-refractivity contribution >= 4 is 11.6 Å². The quantitative estimate of drug-likeness (QED) is 0.867. The number of rotatable bonds is 5. The van der Waals surface area contributed by atoms with Crippen molar-refractivity contribution in [2.24, 2.45) is 5.92 Å². The van der Waals surface area contributed by atoms with Crippen LogP contribution >= 0.6 is 0 Å². The smallest absolute Gasteiger partial charge is 0.291 e. The van der Waals surface area contributed by atoms with Gasteiger partial charge >= 0.3 is 0 Å². The van der Waals surface area contributed by atoms with Gasteiger partial charge in [-0.1, -0.05) is 6.07 Å². The normalized spacial score (nSPS) is 17.4. The summed E-state index contributed by atoms with van der Waals surface area (Å²) in [6, 6.07) is 5.72. The van der Waals surface area contributed by atoms with Gasteiger partial charge in [0.25, 0.3) is 5.91 Å². The van der Waals surface area contributed by atoms with Crippen molar-refractivity contribution in [2.45, 2.75) is 32.8 Å². The van der Waals surface area contributed by atoms with Crippen molar-refractivity contribution in [3.05, 3.63) is 46.9 Å². The van der Waals surface area contributed by atoms with Gasteiger partial charge < -0.3 is 23.9 Å². The predicted molar refractivity (Wildman–Crippen MR) is 100 cm³/mol. The molecular formula is C21H25NO5. The third-order valence-electron chi connectivity index (χ3n) is 5.20.